The third-order valence-electron chi connectivity index (χ3n) is 9.60. The monoisotopic (exact) mass is 556 g/mol. The van der Waals surface area contributed by atoms with Gasteiger partial charge in [-0.1, -0.05) is 13.8 Å². The van der Waals surface area contributed by atoms with Gasteiger partial charge in [0.15, 0.2) is 0 Å². The molecule has 1 aliphatic heterocycles. The van der Waals surface area contributed by atoms with Gasteiger partial charge in [0.2, 0.25) is 5.91 Å². The second-order valence-electron chi connectivity index (χ2n) is 11.9. The molecule has 214 valence electrons. The van der Waals surface area contributed by atoms with Gasteiger partial charge in [-0.15, -0.1) is 0 Å². The van der Waals surface area contributed by atoms with Crippen LogP contribution in [0.25, 0.3) is 0 Å². The van der Waals surface area contributed by atoms with Gasteiger partial charge in [-0.2, -0.15) is 31.4 Å². The average Bonchev–Trinajstić information content (AvgIpc) is 3.60. The lowest BCUT2D eigenvalue weighted by molar-refractivity contribution is -0.143. The molecule has 39 heavy (non-hydrogen) atoms. The first-order valence-electron chi connectivity index (χ1n) is 13.6. The molecule has 3 aliphatic rings. The topological polar surface area (TPSA) is 61.0 Å². The van der Waals surface area contributed by atoms with Crippen molar-refractivity contribution in [3.63, 3.8) is 0 Å². The Hall–Kier alpha value is -2.56. The first-order chi connectivity index (χ1) is 18.2. The zero-order valence-electron chi connectivity index (χ0n) is 22.1. The molecule has 1 aromatic carbocycles. The highest BCUT2D eigenvalue weighted by Gasteiger charge is 2.50. The number of nitrogens with zero attached hydrogens (tertiary/aromatic N) is 2. The van der Waals surface area contributed by atoms with E-state index in [4.69, 9.17) is 0 Å². The smallest absolute Gasteiger partial charge is 0.352 e. The number of hydrogen-bond donors (Lipinski definition) is 2. The Kier molecular flexibility index (Phi) is 7.04. The number of rotatable bonds is 5. The molecule has 11 heteroatoms. The summed E-state index contributed by atoms with van der Waals surface area (Å²) in [6.07, 6.45) is -1.60. The van der Waals surface area contributed by atoms with Crippen LogP contribution in [0.4, 0.5) is 26.3 Å². The van der Waals surface area contributed by atoms with Crippen molar-refractivity contribution < 1.29 is 31.1 Å². The minimum atomic E-state index is -4.93. The Morgan fingerprint density at radius 3 is 2.28 bits per heavy atom. The molecule has 2 atom stereocenters. The van der Waals surface area contributed by atoms with E-state index in [1.807, 2.05) is 20.0 Å². The van der Waals surface area contributed by atoms with Gasteiger partial charge in [-0.05, 0) is 93.3 Å². The van der Waals surface area contributed by atoms with E-state index < -0.39 is 35.4 Å². The highest BCUT2D eigenvalue weighted by molar-refractivity contribution is 5.83. The fourth-order valence-electron chi connectivity index (χ4n) is 7.13. The van der Waals surface area contributed by atoms with Crippen molar-refractivity contribution in [2.45, 2.75) is 89.1 Å². The summed E-state index contributed by atoms with van der Waals surface area (Å²) in [6.45, 7) is 5.37. The van der Waals surface area contributed by atoms with E-state index in [0.717, 1.165) is 45.2 Å². The van der Waals surface area contributed by atoms with Gasteiger partial charge in [0.05, 0.1) is 22.7 Å². The summed E-state index contributed by atoms with van der Waals surface area (Å²) in [6, 6.07) is 1.66. The Bertz CT molecular complexity index is 1180. The van der Waals surface area contributed by atoms with Crippen LogP contribution in [0.1, 0.15) is 80.3 Å². The van der Waals surface area contributed by atoms with E-state index in [1.165, 1.54) is 11.3 Å². The van der Waals surface area contributed by atoms with Gasteiger partial charge >= 0.3 is 12.4 Å². The third-order valence-corrected chi connectivity index (χ3v) is 9.60. The van der Waals surface area contributed by atoms with Crippen LogP contribution in [-0.4, -0.2) is 40.1 Å². The van der Waals surface area contributed by atoms with Crippen LogP contribution in [0.3, 0.4) is 0 Å². The molecule has 5 rings (SSSR count). The summed E-state index contributed by atoms with van der Waals surface area (Å²) in [5.41, 5.74) is -0.961. The Balaban J connectivity index is 1.25. The fraction of sp³-hybridized carbons (Fsp3) is 0.643. The lowest BCUT2D eigenvalue weighted by Crippen LogP contribution is -2.47. The molecule has 1 saturated carbocycles. The largest absolute Gasteiger partial charge is 0.416 e. The van der Waals surface area contributed by atoms with Gasteiger partial charge in [0, 0.05) is 23.7 Å². The van der Waals surface area contributed by atoms with Crippen LogP contribution >= 0.6 is 0 Å². The normalized spacial score (nSPS) is 25.4. The number of piperidine rings is 1. The molecule has 1 aromatic heterocycles. The van der Waals surface area contributed by atoms with Crippen LogP contribution in [-0.2, 0) is 35.5 Å². The number of aromatic nitrogens is 2. The molecule has 2 aliphatic carbocycles. The second-order valence-corrected chi connectivity index (χ2v) is 11.9. The van der Waals surface area contributed by atoms with Crippen molar-refractivity contribution in [1.29, 1.82) is 0 Å². The first kappa shape index (κ1) is 28.0. The predicted octanol–water partition coefficient (Wildman–Crippen LogP) is 6.24. The molecule has 0 unspecified atom stereocenters. The molecular weight excluding hydrogens is 522 g/mol. The number of fused-ring (bicyclic) bond motifs is 2. The highest BCUT2D eigenvalue weighted by atomic mass is 19.4. The number of carbonyl (C=O) groups is 1. The molecule has 1 saturated heterocycles. The Morgan fingerprint density at radius 2 is 1.69 bits per heavy atom. The number of amides is 1. The summed E-state index contributed by atoms with van der Waals surface area (Å²) >= 11 is 0. The summed E-state index contributed by atoms with van der Waals surface area (Å²) in [5, 5.41) is 10.0. The highest BCUT2D eigenvalue weighted by Crippen LogP contribution is 2.50. The molecular formula is C28H34F6N4O. The van der Waals surface area contributed by atoms with Crippen molar-refractivity contribution in [1.82, 2.24) is 20.4 Å². The van der Waals surface area contributed by atoms with E-state index >= 15 is 0 Å². The van der Waals surface area contributed by atoms with Crippen molar-refractivity contribution in [3.05, 3.63) is 52.3 Å². The number of H-pyrrole nitrogens is 1. The number of halogens is 6. The van der Waals surface area contributed by atoms with Crippen LogP contribution in [0.15, 0.2) is 24.4 Å². The molecule has 1 spiro atoms. The predicted molar refractivity (Wildman–Crippen MR) is 133 cm³/mol. The maximum absolute atomic E-state index is 13.5. The zero-order valence-corrected chi connectivity index (χ0v) is 22.1. The number of benzene rings is 1. The van der Waals surface area contributed by atoms with Gasteiger partial charge in [-0.3, -0.25) is 9.89 Å². The Labute approximate surface area is 223 Å². The van der Waals surface area contributed by atoms with Crippen LogP contribution in [0.5, 0.6) is 0 Å². The minimum absolute atomic E-state index is 0.0331. The van der Waals surface area contributed by atoms with Crippen molar-refractivity contribution in [2.75, 3.05) is 13.1 Å². The van der Waals surface area contributed by atoms with Gasteiger partial charge in [0.1, 0.15) is 0 Å². The first-order valence-corrected chi connectivity index (χ1v) is 13.6. The summed E-state index contributed by atoms with van der Waals surface area (Å²) < 4.78 is 79.5. The molecule has 2 aromatic rings. The third kappa shape index (κ3) is 5.18. The quantitative estimate of drug-likeness (QED) is 0.429. The lowest BCUT2D eigenvalue weighted by Gasteiger charge is -2.42. The van der Waals surface area contributed by atoms with E-state index in [-0.39, 0.29) is 34.9 Å². The molecule has 2 N–H and O–H groups in total. The van der Waals surface area contributed by atoms with E-state index in [0.29, 0.717) is 25.0 Å². The number of carbonyl (C=O) groups excluding carboxylic acids is 1. The molecule has 0 radical (unpaired) electrons. The van der Waals surface area contributed by atoms with E-state index in [2.05, 4.69) is 20.4 Å². The number of likely N-dealkylation sites (tertiary alicyclic amines) is 1. The number of hydrogen-bond acceptors (Lipinski definition) is 3. The molecule has 1 amide bonds. The maximum atomic E-state index is 13.5. The Morgan fingerprint density at radius 1 is 1.05 bits per heavy atom. The van der Waals surface area contributed by atoms with Crippen molar-refractivity contribution >= 4 is 5.91 Å². The van der Waals surface area contributed by atoms with Gasteiger partial charge in [-0.25, -0.2) is 0 Å². The van der Waals surface area contributed by atoms with Crippen molar-refractivity contribution in [2.24, 2.45) is 11.3 Å². The molecule has 0 bridgehead atoms. The van der Waals surface area contributed by atoms with Crippen LogP contribution in [0.2, 0.25) is 0 Å². The van der Waals surface area contributed by atoms with Gasteiger partial charge in [0.25, 0.3) is 0 Å². The number of aryl methyl sites for hydroxylation is 1. The number of alkyl halides is 6. The SMILES string of the molecule is CC(C)[C@]1(C(=O)NCc2cc(C(F)(F)F)cc(C(F)(F)F)c2)CC[C@@H](N2CCC3(CCc4[nH]ncc43)CC2)C1. The summed E-state index contributed by atoms with van der Waals surface area (Å²) in [7, 11) is 0. The molecule has 2 heterocycles. The second kappa shape index (κ2) is 9.82. The van der Waals surface area contributed by atoms with Gasteiger partial charge < -0.3 is 10.2 Å². The average molecular weight is 557 g/mol. The lowest BCUT2D eigenvalue weighted by atomic mass is 9.73. The fourth-order valence-corrected chi connectivity index (χ4v) is 7.13. The zero-order chi connectivity index (χ0) is 28.2. The number of nitrogens with one attached hydrogen (secondary N) is 2. The van der Waals surface area contributed by atoms with Crippen molar-refractivity contribution in [3.8, 4) is 0 Å². The van der Waals surface area contributed by atoms with E-state index in [1.54, 1.807) is 0 Å². The minimum Gasteiger partial charge on any atom is -0.352 e. The van der Waals surface area contributed by atoms with Crippen LogP contribution < -0.4 is 5.32 Å². The summed E-state index contributed by atoms with van der Waals surface area (Å²) in [5.74, 6) is -0.340. The standard InChI is InChI=1S/C28H34F6N4O/c1-17(2)26(24(39)35-15-18-11-19(27(29,30)31)13-20(12-18)28(32,33)34)6-3-21(14-26)38-9-7-25(8-10-38)5-4-23-22(25)16-36-37-23/h11-13,16-17,21H,3-10,14-15H2,1-2H3,(H,35,39)(H,36,37)/t21-,26+/m1/s1. The van der Waals surface area contributed by atoms with E-state index in [9.17, 15) is 31.1 Å². The maximum Gasteiger partial charge on any atom is 0.416 e. The number of aromatic amines is 1. The van der Waals surface area contributed by atoms with Crippen LogP contribution in [0, 0.1) is 11.3 Å². The molecule has 5 nitrogen and oxygen atoms in total. The summed E-state index contributed by atoms with van der Waals surface area (Å²) in [4.78, 5) is 16.0. The molecule has 2 fully saturated rings.